The van der Waals surface area contributed by atoms with Crippen LogP contribution in [0.5, 0.6) is 0 Å². The van der Waals surface area contributed by atoms with Crippen LogP contribution in [0.1, 0.15) is 30.1 Å². The van der Waals surface area contributed by atoms with Crippen molar-refractivity contribution in [3.8, 4) is 0 Å². The third-order valence-electron chi connectivity index (χ3n) is 5.27. The summed E-state index contributed by atoms with van der Waals surface area (Å²) in [7, 11) is 0. The van der Waals surface area contributed by atoms with Crippen molar-refractivity contribution in [2.45, 2.75) is 31.5 Å². The number of H-pyrrole nitrogens is 1. The highest BCUT2D eigenvalue weighted by atomic mass is 19.4. The lowest BCUT2D eigenvalue weighted by atomic mass is 9.92. The molecule has 5 rings (SSSR count). The molecule has 2 aromatic heterocycles. The minimum Gasteiger partial charge on any atom is -0.361 e. The number of hydrogen-bond acceptors (Lipinski definition) is 4. The van der Waals surface area contributed by atoms with Crippen LogP contribution in [0.4, 0.5) is 13.2 Å². The second-order valence-corrected chi connectivity index (χ2v) is 6.98. The largest absolute Gasteiger partial charge is 0.453 e. The summed E-state index contributed by atoms with van der Waals surface area (Å²) in [4.78, 5) is 7.85. The average molecular weight is 386 g/mol. The average Bonchev–Trinajstić information content (AvgIpc) is 3.31. The Morgan fingerprint density at radius 3 is 2.86 bits per heavy atom. The molecule has 1 atom stereocenters. The fraction of sp³-hybridized carbons (Fsp3) is 0.316. The van der Waals surface area contributed by atoms with Crippen molar-refractivity contribution in [2.75, 3.05) is 12.0 Å². The molecular weight excluding hydrogens is 369 g/mol. The number of aromatic nitrogens is 4. The number of allylic oxidation sites excluding steroid dienone is 1. The topological polar surface area (TPSA) is 70.9 Å². The Kier molecular flexibility index (Phi) is 3.78. The zero-order valence-corrected chi connectivity index (χ0v) is 14.8. The Morgan fingerprint density at radius 1 is 1.14 bits per heavy atom. The third-order valence-corrected chi connectivity index (χ3v) is 5.27. The van der Waals surface area contributed by atoms with Gasteiger partial charge in [-0.2, -0.15) is 13.2 Å². The molecule has 2 N–H and O–H groups in total. The maximum Gasteiger partial charge on any atom is 0.453 e. The van der Waals surface area contributed by atoms with Crippen molar-refractivity contribution in [1.82, 2.24) is 19.9 Å². The second kappa shape index (κ2) is 6.22. The first-order valence-electron chi connectivity index (χ1n) is 9.07. The van der Waals surface area contributed by atoms with E-state index in [1.54, 1.807) is 0 Å². The highest BCUT2D eigenvalue weighted by Crippen LogP contribution is 2.32. The van der Waals surface area contributed by atoms with Gasteiger partial charge in [-0.15, -0.1) is 10.2 Å². The van der Waals surface area contributed by atoms with Crippen molar-refractivity contribution in [2.24, 2.45) is 4.99 Å². The van der Waals surface area contributed by atoms with E-state index in [1.165, 1.54) is 0 Å². The van der Waals surface area contributed by atoms with Crippen LogP contribution in [0.25, 0.3) is 16.5 Å². The molecule has 2 aliphatic rings. The van der Waals surface area contributed by atoms with Gasteiger partial charge in [-0.05, 0) is 18.1 Å². The number of halogens is 3. The normalized spacial score (nSPS) is 19.8. The quantitative estimate of drug-likeness (QED) is 0.707. The van der Waals surface area contributed by atoms with E-state index in [0.717, 1.165) is 32.4 Å². The zero-order chi connectivity index (χ0) is 19.3. The fourth-order valence-corrected chi connectivity index (χ4v) is 3.90. The molecule has 0 radical (unpaired) electrons. The molecule has 2 aliphatic heterocycles. The number of nitrogens with one attached hydrogen (secondary N) is 2. The van der Waals surface area contributed by atoms with Gasteiger partial charge in [-0.25, -0.2) is 4.68 Å². The van der Waals surface area contributed by atoms with Crippen molar-refractivity contribution >= 4 is 22.2 Å². The standard InChI is InChI=1S/C19H17F3N6/c20-19(21,22)18-26-25-17-6-5-15(27-28(17)18)16-9-11(7-8-23-16)13-10-24-14-4-2-1-3-12(13)14/h1-4,7,10,15,24,27H,5-6,8-9H2. The van der Waals surface area contributed by atoms with Crippen LogP contribution in [0.15, 0.2) is 41.5 Å². The van der Waals surface area contributed by atoms with Gasteiger partial charge in [0, 0.05) is 41.2 Å². The first-order chi connectivity index (χ1) is 13.5. The monoisotopic (exact) mass is 386 g/mol. The molecule has 1 aromatic carbocycles. The summed E-state index contributed by atoms with van der Waals surface area (Å²) in [5.41, 5.74) is 7.09. The van der Waals surface area contributed by atoms with E-state index in [1.807, 2.05) is 24.4 Å². The number of aliphatic imine (C=N–C) groups is 1. The van der Waals surface area contributed by atoms with Gasteiger partial charge in [0.05, 0.1) is 12.6 Å². The SMILES string of the molecule is FC(F)(F)c1nnc2n1NC(C1=NCC=C(c3c[nH]c4ccccc34)C1)CC2. The minimum atomic E-state index is -4.55. The summed E-state index contributed by atoms with van der Waals surface area (Å²) >= 11 is 0. The molecule has 144 valence electrons. The maximum atomic E-state index is 13.2. The van der Waals surface area contributed by atoms with E-state index in [9.17, 15) is 13.2 Å². The number of hydrogen-bond donors (Lipinski definition) is 2. The Bertz CT molecular complexity index is 1100. The highest BCUT2D eigenvalue weighted by Gasteiger charge is 2.40. The molecule has 3 aromatic rings. The van der Waals surface area contributed by atoms with E-state index < -0.39 is 12.0 Å². The lowest BCUT2D eigenvalue weighted by Crippen LogP contribution is -2.42. The van der Waals surface area contributed by atoms with Gasteiger partial charge >= 0.3 is 6.18 Å². The number of aryl methyl sites for hydroxylation is 1. The number of nitrogens with zero attached hydrogens (tertiary/aromatic N) is 4. The third kappa shape index (κ3) is 2.78. The fourth-order valence-electron chi connectivity index (χ4n) is 3.90. The molecule has 0 fully saturated rings. The molecule has 0 aliphatic carbocycles. The first-order valence-corrected chi connectivity index (χ1v) is 9.07. The van der Waals surface area contributed by atoms with Crippen LogP contribution in [-0.2, 0) is 12.6 Å². The van der Waals surface area contributed by atoms with Gasteiger partial charge in [-0.3, -0.25) is 4.99 Å². The van der Waals surface area contributed by atoms with Gasteiger partial charge in [0.2, 0.25) is 0 Å². The van der Waals surface area contributed by atoms with Gasteiger partial charge in [0.15, 0.2) is 5.82 Å². The summed E-state index contributed by atoms with van der Waals surface area (Å²) in [5, 5.41) is 8.11. The smallest absolute Gasteiger partial charge is 0.361 e. The minimum absolute atomic E-state index is 0.279. The molecule has 1 unspecified atom stereocenters. The molecular formula is C19H17F3N6. The molecule has 28 heavy (non-hydrogen) atoms. The van der Waals surface area contributed by atoms with Gasteiger partial charge in [0.25, 0.3) is 5.82 Å². The van der Waals surface area contributed by atoms with Gasteiger partial charge < -0.3 is 10.4 Å². The van der Waals surface area contributed by atoms with Crippen molar-refractivity contribution in [1.29, 1.82) is 0 Å². The van der Waals surface area contributed by atoms with Gasteiger partial charge in [0.1, 0.15) is 0 Å². The Balaban J connectivity index is 1.40. The summed E-state index contributed by atoms with van der Waals surface area (Å²) in [6.45, 7) is 0.517. The Morgan fingerprint density at radius 2 is 2.00 bits per heavy atom. The summed E-state index contributed by atoms with van der Waals surface area (Å²) in [6, 6.07) is 7.77. The molecule has 9 heteroatoms. The molecule has 0 spiro atoms. The number of fused-ring (bicyclic) bond motifs is 2. The number of alkyl halides is 3. The van der Waals surface area contributed by atoms with Crippen LogP contribution in [-0.4, -0.2) is 38.2 Å². The number of para-hydroxylation sites is 1. The van der Waals surface area contributed by atoms with Gasteiger partial charge in [-0.1, -0.05) is 24.3 Å². The number of aromatic amines is 1. The highest BCUT2D eigenvalue weighted by molar-refractivity contribution is 6.03. The summed E-state index contributed by atoms with van der Waals surface area (Å²) < 4.78 is 40.5. The Labute approximate surface area is 158 Å². The van der Waals surface area contributed by atoms with E-state index in [2.05, 4.69) is 37.7 Å². The van der Waals surface area contributed by atoms with E-state index in [4.69, 9.17) is 0 Å². The van der Waals surface area contributed by atoms with E-state index in [-0.39, 0.29) is 6.04 Å². The van der Waals surface area contributed by atoms with E-state index in [0.29, 0.717) is 31.6 Å². The molecule has 0 saturated heterocycles. The van der Waals surface area contributed by atoms with Crippen LogP contribution in [0.2, 0.25) is 0 Å². The number of benzene rings is 1. The van der Waals surface area contributed by atoms with Crippen LogP contribution >= 0.6 is 0 Å². The molecule has 0 saturated carbocycles. The lowest BCUT2D eigenvalue weighted by molar-refractivity contribution is -0.147. The van der Waals surface area contributed by atoms with E-state index >= 15 is 0 Å². The molecule has 0 amide bonds. The van der Waals surface area contributed by atoms with Crippen LogP contribution in [0, 0.1) is 0 Å². The summed E-state index contributed by atoms with van der Waals surface area (Å²) in [5.74, 6) is -0.719. The van der Waals surface area contributed by atoms with Crippen molar-refractivity contribution < 1.29 is 13.2 Å². The first kappa shape index (κ1) is 17.0. The predicted molar refractivity (Wildman–Crippen MR) is 99.7 cm³/mol. The molecule has 6 nitrogen and oxygen atoms in total. The maximum absolute atomic E-state index is 13.2. The molecule has 4 heterocycles. The second-order valence-electron chi connectivity index (χ2n) is 6.98. The lowest BCUT2D eigenvalue weighted by Gasteiger charge is -2.29. The number of dihydropyridines is 1. The van der Waals surface area contributed by atoms with Crippen LogP contribution in [0.3, 0.4) is 0 Å². The predicted octanol–water partition coefficient (Wildman–Crippen LogP) is 3.56. The zero-order valence-electron chi connectivity index (χ0n) is 14.8. The number of rotatable bonds is 2. The summed E-state index contributed by atoms with van der Waals surface area (Å²) in [6.07, 6.45) is 1.16. The van der Waals surface area contributed by atoms with Crippen molar-refractivity contribution in [3.63, 3.8) is 0 Å². The Hall–Kier alpha value is -3.10. The van der Waals surface area contributed by atoms with Crippen LogP contribution < -0.4 is 5.43 Å². The molecule has 0 bridgehead atoms. The van der Waals surface area contributed by atoms with Crippen molar-refractivity contribution in [3.05, 3.63) is 53.8 Å².